The summed E-state index contributed by atoms with van der Waals surface area (Å²) in [6, 6.07) is 17.5. The third-order valence-corrected chi connectivity index (χ3v) is 6.84. The number of nitrogens with zero attached hydrogens (tertiary/aromatic N) is 3. The van der Waals surface area contributed by atoms with Crippen LogP contribution in [-0.2, 0) is 13.0 Å². The molecule has 0 fully saturated rings. The van der Waals surface area contributed by atoms with Gasteiger partial charge >= 0.3 is 6.03 Å². The molecule has 2 amide bonds. The molecule has 1 unspecified atom stereocenters. The van der Waals surface area contributed by atoms with Gasteiger partial charge in [-0.3, -0.25) is 4.90 Å². The number of aromatic nitrogens is 2. The highest BCUT2D eigenvalue weighted by Crippen LogP contribution is 2.38. The summed E-state index contributed by atoms with van der Waals surface area (Å²) in [6.45, 7) is 4.26. The number of aryl methyl sites for hydroxylation is 1. The molecule has 4 aromatic rings. The summed E-state index contributed by atoms with van der Waals surface area (Å²) in [5.74, 6) is 0.546. The second kappa shape index (κ2) is 9.23. The van der Waals surface area contributed by atoms with E-state index < -0.39 is 6.04 Å². The summed E-state index contributed by atoms with van der Waals surface area (Å²) >= 11 is 1.53. The average molecular weight is 475 g/mol. The molecule has 1 aliphatic heterocycles. The van der Waals surface area contributed by atoms with Gasteiger partial charge in [-0.05, 0) is 53.6 Å². The number of urea groups is 1. The number of nitrogens with one attached hydrogen (secondary N) is 1. The number of allylic oxidation sites excluding steroid dienone is 1. The Balaban J connectivity index is 1.58. The number of hydrogen-bond acceptors (Lipinski definition) is 5. The van der Waals surface area contributed by atoms with Gasteiger partial charge in [0.2, 0.25) is 5.82 Å². The van der Waals surface area contributed by atoms with Crippen LogP contribution in [0.15, 0.2) is 76.3 Å². The largest absolute Gasteiger partial charge is 0.334 e. The molecule has 0 spiro atoms. The van der Waals surface area contributed by atoms with Gasteiger partial charge in [0.1, 0.15) is 5.82 Å². The fraction of sp³-hybridized carbons (Fsp3) is 0.192. The van der Waals surface area contributed by atoms with Gasteiger partial charge in [-0.2, -0.15) is 4.98 Å². The van der Waals surface area contributed by atoms with Crippen molar-refractivity contribution in [3.63, 3.8) is 0 Å². The van der Waals surface area contributed by atoms with Gasteiger partial charge < -0.3 is 9.84 Å². The van der Waals surface area contributed by atoms with E-state index in [0.29, 0.717) is 17.4 Å². The first-order chi connectivity index (χ1) is 16.5. The molecular weight excluding hydrogens is 451 g/mol. The van der Waals surface area contributed by atoms with E-state index in [4.69, 9.17) is 4.52 Å². The van der Waals surface area contributed by atoms with E-state index in [2.05, 4.69) is 34.5 Å². The van der Waals surface area contributed by atoms with Gasteiger partial charge in [0, 0.05) is 5.70 Å². The van der Waals surface area contributed by atoms with Crippen LogP contribution in [0.5, 0.6) is 0 Å². The number of amides is 2. The van der Waals surface area contributed by atoms with Gasteiger partial charge in [0.15, 0.2) is 0 Å². The van der Waals surface area contributed by atoms with Crippen LogP contribution in [0.25, 0.3) is 16.3 Å². The first kappa shape index (κ1) is 22.0. The highest BCUT2D eigenvalue weighted by molar-refractivity contribution is 7.13. The Morgan fingerprint density at radius 1 is 1.09 bits per heavy atom. The summed E-state index contributed by atoms with van der Waals surface area (Å²) in [5, 5.41) is 9.24. The van der Waals surface area contributed by atoms with E-state index in [0.717, 1.165) is 28.0 Å². The Kier molecular flexibility index (Phi) is 5.98. The minimum atomic E-state index is -0.445. The molecular formula is C26H23FN4O2S. The number of carbonyl (C=O) groups excluding carboxylic acids is 1. The molecule has 3 heterocycles. The lowest BCUT2D eigenvalue weighted by atomic mass is 9.93. The molecule has 5 rings (SSSR count). The zero-order chi connectivity index (χ0) is 23.7. The molecule has 34 heavy (non-hydrogen) atoms. The van der Waals surface area contributed by atoms with Crippen LogP contribution in [-0.4, -0.2) is 21.1 Å². The molecule has 8 heteroatoms. The molecule has 0 bridgehead atoms. The van der Waals surface area contributed by atoms with Crippen molar-refractivity contribution in [2.24, 2.45) is 0 Å². The smallest absolute Gasteiger partial charge is 0.322 e. The lowest BCUT2D eigenvalue weighted by Crippen LogP contribution is -2.45. The summed E-state index contributed by atoms with van der Waals surface area (Å²) < 4.78 is 19.1. The molecule has 1 atom stereocenters. The Hall–Kier alpha value is -3.78. The van der Waals surface area contributed by atoms with Crippen LogP contribution >= 0.6 is 11.3 Å². The number of rotatable bonds is 6. The van der Waals surface area contributed by atoms with Crippen molar-refractivity contribution in [2.45, 2.75) is 32.9 Å². The van der Waals surface area contributed by atoms with Crippen molar-refractivity contribution in [3.8, 4) is 10.7 Å². The zero-order valence-electron chi connectivity index (χ0n) is 18.8. The molecule has 0 saturated heterocycles. The van der Waals surface area contributed by atoms with Gasteiger partial charge in [-0.1, -0.05) is 54.5 Å². The summed E-state index contributed by atoms with van der Waals surface area (Å²) in [6.07, 6.45) is 0.929. The molecule has 6 nitrogen and oxygen atoms in total. The first-order valence-corrected chi connectivity index (χ1v) is 11.9. The number of benzene rings is 2. The van der Waals surface area contributed by atoms with E-state index in [9.17, 15) is 9.18 Å². The van der Waals surface area contributed by atoms with Gasteiger partial charge in [-0.25, -0.2) is 9.18 Å². The maximum absolute atomic E-state index is 13.4. The Bertz CT molecular complexity index is 1330. The van der Waals surface area contributed by atoms with Crippen molar-refractivity contribution in [1.29, 1.82) is 0 Å². The van der Waals surface area contributed by atoms with Crippen molar-refractivity contribution in [1.82, 2.24) is 20.4 Å². The summed E-state index contributed by atoms with van der Waals surface area (Å²) in [7, 11) is 0. The zero-order valence-corrected chi connectivity index (χ0v) is 19.6. The van der Waals surface area contributed by atoms with E-state index >= 15 is 0 Å². The van der Waals surface area contributed by atoms with Gasteiger partial charge in [-0.15, -0.1) is 11.3 Å². The third-order valence-electron chi connectivity index (χ3n) is 5.97. The minimum Gasteiger partial charge on any atom is -0.334 e. The maximum Gasteiger partial charge on any atom is 0.322 e. The molecule has 1 N–H and O–H groups in total. The molecule has 2 aromatic heterocycles. The standard InChI is InChI=1S/C26H23FN4O2S/c1-3-17-6-10-19(11-7-17)23-22(25-29-24(30-33-25)21-5-4-14-34-21)16(2)31(26(32)28-23)15-18-8-12-20(27)13-9-18/h4-14,23H,3,15H2,1-2H3,(H,28,32). The van der Waals surface area contributed by atoms with Crippen molar-refractivity contribution < 1.29 is 13.7 Å². The topological polar surface area (TPSA) is 71.3 Å². The van der Waals surface area contributed by atoms with Crippen molar-refractivity contribution >= 4 is 22.9 Å². The third kappa shape index (κ3) is 4.24. The number of halogens is 1. The lowest BCUT2D eigenvalue weighted by molar-refractivity contribution is 0.203. The maximum atomic E-state index is 13.4. The van der Waals surface area contributed by atoms with Crippen LogP contribution in [0.2, 0.25) is 0 Å². The molecule has 1 aliphatic rings. The summed E-state index contributed by atoms with van der Waals surface area (Å²) in [5.41, 5.74) is 4.40. The molecule has 2 aromatic carbocycles. The van der Waals surface area contributed by atoms with E-state index in [-0.39, 0.29) is 18.4 Å². The fourth-order valence-corrected chi connectivity index (χ4v) is 4.70. The number of hydrogen-bond donors (Lipinski definition) is 1. The molecule has 0 saturated carbocycles. The quantitative estimate of drug-likeness (QED) is 0.361. The first-order valence-electron chi connectivity index (χ1n) is 11.0. The predicted molar refractivity (Wildman–Crippen MR) is 129 cm³/mol. The van der Waals surface area contributed by atoms with Crippen LogP contribution < -0.4 is 5.32 Å². The second-order valence-corrected chi connectivity index (χ2v) is 9.04. The van der Waals surface area contributed by atoms with E-state index in [1.54, 1.807) is 17.0 Å². The predicted octanol–water partition coefficient (Wildman–Crippen LogP) is 6.20. The molecule has 0 aliphatic carbocycles. The van der Waals surface area contributed by atoms with Gasteiger partial charge in [0.05, 0.1) is 23.0 Å². The summed E-state index contributed by atoms with van der Waals surface area (Å²) in [4.78, 5) is 20.4. The van der Waals surface area contributed by atoms with Crippen molar-refractivity contribution in [2.75, 3.05) is 0 Å². The average Bonchev–Trinajstić information content (AvgIpc) is 3.55. The fourth-order valence-electron chi connectivity index (χ4n) is 4.06. The normalized spacial score (nSPS) is 16.1. The van der Waals surface area contributed by atoms with Crippen LogP contribution in [0, 0.1) is 5.82 Å². The Labute approximate surface area is 200 Å². The molecule has 172 valence electrons. The SMILES string of the molecule is CCc1ccc(C2NC(=O)N(Cc3ccc(F)cc3)C(C)=C2c2nc(-c3cccs3)no2)cc1. The monoisotopic (exact) mass is 474 g/mol. The van der Waals surface area contributed by atoms with Crippen molar-refractivity contribution in [3.05, 3.63) is 100 Å². The minimum absolute atomic E-state index is 0.242. The van der Waals surface area contributed by atoms with Crippen LogP contribution in [0.4, 0.5) is 9.18 Å². The highest BCUT2D eigenvalue weighted by atomic mass is 32.1. The van der Waals surface area contributed by atoms with E-state index in [1.807, 2.05) is 36.6 Å². The van der Waals surface area contributed by atoms with Crippen LogP contribution in [0.3, 0.4) is 0 Å². The van der Waals surface area contributed by atoms with E-state index in [1.165, 1.54) is 29.0 Å². The lowest BCUT2D eigenvalue weighted by Gasteiger charge is -2.35. The van der Waals surface area contributed by atoms with Gasteiger partial charge in [0.25, 0.3) is 5.89 Å². The second-order valence-electron chi connectivity index (χ2n) is 8.09. The Morgan fingerprint density at radius 3 is 2.50 bits per heavy atom. The highest BCUT2D eigenvalue weighted by Gasteiger charge is 2.35. The Morgan fingerprint density at radius 2 is 1.82 bits per heavy atom. The molecule has 0 radical (unpaired) electrons. The van der Waals surface area contributed by atoms with Crippen LogP contribution in [0.1, 0.15) is 42.5 Å². The number of thiophene rings is 1. The number of carbonyl (C=O) groups is 1.